The standard InChI is InChI=1S/C20H20ClF4N3O2/c21-17-2-1-3-18(22)16(17)12-28-10-8-14(9-11-28)27-19(29)26-13-4-6-15(7-5-13)30-20(23,24)25/h1-7,14H,8-12H2,(H2,26,27,29). The number of nitrogens with zero attached hydrogens (tertiary/aromatic N) is 1. The molecule has 5 nitrogen and oxygen atoms in total. The monoisotopic (exact) mass is 445 g/mol. The van der Waals surface area contributed by atoms with E-state index < -0.39 is 12.4 Å². The molecule has 0 aliphatic carbocycles. The molecule has 1 aliphatic heterocycles. The summed E-state index contributed by atoms with van der Waals surface area (Å²) in [5, 5.41) is 5.81. The summed E-state index contributed by atoms with van der Waals surface area (Å²) in [6, 6.07) is 8.96. The van der Waals surface area contributed by atoms with Crippen LogP contribution in [0.2, 0.25) is 5.02 Å². The molecule has 1 aliphatic rings. The van der Waals surface area contributed by atoms with E-state index in [1.165, 1.54) is 18.2 Å². The van der Waals surface area contributed by atoms with Crippen LogP contribution in [0.3, 0.4) is 0 Å². The number of piperidine rings is 1. The Morgan fingerprint density at radius 1 is 1.13 bits per heavy atom. The van der Waals surface area contributed by atoms with Crippen LogP contribution in [0.25, 0.3) is 0 Å². The van der Waals surface area contributed by atoms with Gasteiger partial charge in [-0.15, -0.1) is 13.2 Å². The van der Waals surface area contributed by atoms with E-state index in [0.717, 1.165) is 12.1 Å². The van der Waals surface area contributed by atoms with E-state index in [1.807, 2.05) is 0 Å². The van der Waals surface area contributed by atoms with Crippen molar-refractivity contribution in [2.75, 3.05) is 18.4 Å². The summed E-state index contributed by atoms with van der Waals surface area (Å²) < 4.78 is 54.2. The molecule has 1 heterocycles. The molecule has 0 saturated carbocycles. The number of rotatable bonds is 5. The molecule has 2 aromatic carbocycles. The lowest BCUT2D eigenvalue weighted by Crippen LogP contribution is -2.45. The normalized spacial score (nSPS) is 15.6. The van der Waals surface area contributed by atoms with E-state index in [1.54, 1.807) is 12.1 Å². The Kier molecular flexibility index (Phi) is 7.04. The van der Waals surface area contributed by atoms with E-state index in [4.69, 9.17) is 11.6 Å². The Morgan fingerprint density at radius 2 is 1.80 bits per heavy atom. The highest BCUT2D eigenvalue weighted by atomic mass is 35.5. The molecule has 1 saturated heterocycles. The molecule has 0 aromatic heterocycles. The van der Waals surface area contributed by atoms with Gasteiger partial charge >= 0.3 is 12.4 Å². The smallest absolute Gasteiger partial charge is 0.406 e. The molecule has 162 valence electrons. The number of likely N-dealkylation sites (tertiary alicyclic amines) is 1. The highest BCUT2D eigenvalue weighted by molar-refractivity contribution is 6.31. The first-order valence-electron chi connectivity index (χ1n) is 9.28. The predicted octanol–water partition coefficient (Wildman–Crippen LogP) is 5.16. The SMILES string of the molecule is O=C(Nc1ccc(OC(F)(F)F)cc1)NC1CCN(Cc2c(F)cccc2Cl)CC1. The van der Waals surface area contributed by atoms with Crippen LogP contribution < -0.4 is 15.4 Å². The minimum absolute atomic E-state index is 0.0646. The van der Waals surface area contributed by atoms with Gasteiger partial charge in [0.05, 0.1) is 0 Å². The van der Waals surface area contributed by atoms with E-state index in [-0.39, 0.29) is 17.6 Å². The van der Waals surface area contributed by atoms with Gasteiger partial charge in [-0.2, -0.15) is 0 Å². The van der Waals surface area contributed by atoms with Crippen molar-refractivity contribution in [3.05, 3.63) is 58.9 Å². The van der Waals surface area contributed by atoms with Crippen LogP contribution in [0.1, 0.15) is 18.4 Å². The maximum Gasteiger partial charge on any atom is 0.573 e. The summed E-state index contributed by atoms with van der Waals surface area (Å²) in [6.07, 6.45) is -3.41. The molecule has 30 heavy (non-hydrogen) atoms. The third-order valence-corrected chi connectivity index (χ3v) is 5.07. The summed E-state index contributed by atoms with van der Waals surface area (Å²) in [5.41, 5.74) is 0.801. The number of benzene rings is 2. The topological polar surface area (TPSA) is 53.6 Å². The van der Waals surface area contributed by atoms with Gasteiger partial charge in [-0.1, -0.05) is 17.7 Å². The minimum Gasteiger partial charge on any atom is -0.406 e. The van der Waals surface area contributed by atoms with Crippen molar-refractivity contribution in [3.63, 3.8) is 0 Å². The highest BCUT2D eigenvalue weighted by Gasteiger charge is 2.31. The first kappa shape index (κ1) is 22.2. The molecule has 0 bridgehead atoms. The molecule has 10 heteroatoms. The van der Waals surface area contributed by atoms with Crippen LogP contribution in [-0.4, -0.2) is 36.4 Å². The number of halogens is 5. The van der Waals surface area contributed by atoms with Crippen molar-refractivity contribution in [1.29, 1.82) is 0 Å². The summed E-state index contributed by atoms with van der Waals surface area (Å²) in [6.45, 7) is 1.73. The Bertz CT molecular complexity index is 849. The second kappa shape index (κ2) is 9.53. The lowest BCUT2D eigenvalue weighted by molar-refractivity contribution is -0.274. The maximum atomic E-state index is 13.9. The molecule has 0 atom stereocenters. The molecule has 2 aromatic rings. The number of carbonyl (C=O) groups excluding carboxylic acids is 1. The van der Waals surface area contributed by atoms with Gasteiger partial charge in [-0.25, -0.2) is 9.18 Å². The van der Waals surface area contributed by atoms with Gasteiger partial charge in [0.1, 0.15) is 11.6 Å². The number of urea groups is 1. The van der Waals surface area contributed by atoms with E-state index in [9.17, 15) is 22.4 Å². The molecule has 1 fully saturated rings. The van der Waals surface area contributed by atoms with Crippen molar-refractivity contribution in [2.24, 2.45) is 0 Å². The molecule has 0 unspecified atom stereocenters. The summed E-state index contributed by atoms with van der Waals surface area (Å²) in [5.74, 6) is -0.704. The summed E-state index contributed by atoms with van der Waals surface area (Å²) in [7, 11) is 0. The van der Waals surface area contributed by atoms with Crippen LogP contribution in [0.4, 0.5) is 28.0 Å². The Hall–Kier alpha value is -2.52. The zero-order valence-corrected chi connectivity index (χ0v) is 16.6. The minimum atomic E-state index is -4.77. The largest absolute Gasteiger partial charge is 0.573 e. The van der Waals surface area contributed by atoms with Crippen molar-refractivity contribution in [2.45, 2.75) is 31.8 Å². The Balaban J connectivity index is 1.44. The highest BCUT2D eigenvalue weighted by Crippen LogP contribution is 2.24. The second-order valence-electron chi connectivity index (χ2n) is 6.92. The number of hydrogen-bond acceptors (Lipinski definition) is 3. The average molecular weight is 446 g/mol. The first-order valence-corrected chi connectivity index (χ1v) is 9.66. The number of anilines is 1. The zero-order valence-electron chi connectivity index (χ0n) is 15.8. The fraction of sp³-hybridized carbons (Fsp3) is 0.350. The number of amides is 2. The van der Waals surface area contributed by atoms with Crippen LogP contribution in [0.15, 0.2) is 42.5 Å². The number of ether oxygens (including phenoxy) is 1. The zero-order chi connectivity index (χ0) is 21.7. The molecule has 2 N–H and O–H groups in total. The van der Waals surface area contributed by atoms with Crippen LogP contribution in [-0.2, 0) is 6.54 Å². The molecule has 3 rings (SSSR count). The first-order chi connectivity index (χ1) is 14.2. The van der Waals surface area contributed by atoms with Gasteiger partial charge in [-0.05, 0) is 49.2 Å². The fourth-order valence-electron chi connectivity index (χ4n) is 3.23. The van der Waals surface area contributed by atoms with Crippen LogP contribution in [0, 0.1) is 5.82 Å². The predicted molar refractivity (Wildman–Crippen MR) is 105 cm³/mol. The van der Waals surface area contributed by atoms with Gasteiger partial charge in [0, 0.05) is 41.9 Å². The van der Waals surface area contributed by atoms with Crippen molar-refractivity contribution < 1.29 is 27.1 Å². The molecular weight excluding hydrogens is 426 g/mol. The van der Waals surface area contributed by atoms with Gasteiger partial charge < -0.3 is 15.4 Å². The van der Waals surface area contributed by atoms with Gasteiger partial charge in [0.15, 0.2) is 0 Å². The van der Waals surface area contributed by atoms with E-state index >= 15 is 0 Å². The third kappa shape index (κ3) is 6.50. The van der Waals surface area contributed by atoms with E-state index in [0.29, 0.717) is 48.7 Å². The molecule has 0 radical (unpaired) electrons. The molecule has 0 spiro atoms. The fourth-order valence-corrected chi connectivity index (χ4v) is 3.46. The Morgan fingerprint density at radius 3 is 2.40 bits per heavy atom. The van der Waals surface area contributed by atoms with Gasteiger partial charge in [0.25, 0.3) is 0 Å². The lowest BCUT2D eigenvalue weighted by Gasteiger charge is -2.32. The van der Waals surface area contributed by atoms with Gasteiger partial charge in [-0.3, -0.25) is 4.90 Å². The Labute approximate surface area is 176 Å². The second-order valence-corrected chi connectivity index (χ2v) is 7.33. The number of carbonyl (C=O) groups is 1. The average Bonchev–Trinajstić information content (AvgIpc) is 2.66. The van der Waals surface area contributed by atoms with Crippen molar-refractivity contribution in [3.8, 4) is 5.75 Å². The number of alkyl halides is 3. The molecule has 2 amide bonds. The number of hydrogen-bond donors (Lipinski definition) is 2. The van der Waals surface area contributed by atoms with Crippen molar-refractivity contribution >= 4 is 23.3 Å². The lowest BCUT2D eigenvalue weighted by atomic mass is 10.0. The maximum absolute atomic E-state index is 13.9. The van der Waals surface area contributed by atoms with E-state index in [2.05, 4.69) is 20.3 Å². The van der Waals surface area contributed by atoms with Crippen LogP contribution in [0.5, 0.6) is 5.75 Å². The number of nitrogens with one attached hydrogen (secondary N) is 2. The van der Waals surface area contributed by atoms with Gasteiger partial charge in [0.2, 0.25) is 0 Å². The summed E-state index contributed by atoms with van der Waals surface area (Å²) >= 11 is 6.07. The molecular formula is C20H20ClF4N3O2. The quantitative estimate of drug-likeness (QED) is 0.625. The van der Waals surface area contributed by atoms with Crippen LogP contribution >= 0.6 is 11.6 Å². The summed E-state index contributed by atoms with van der Waals surface area (Å²) in [4.78, 5) is 14.2. The third-order valence-electron chi connectivity index (χ3n) is 4.71. The van der Waals surface area contributed by atoms with Crippen molar-refractivity contribution in [1.82, 2.24) is 10.2 Å².